The molecule has 1 amide bonds. The van der Waals surface area contributed by atoms with Crippen molar-refractivity contribution in [3.8, 4) is 22.6 Å². The highest BCUT2D eigenvalue weighted by Crippen LogP contribution is 2.40. The molecule has 1 N–H and O–H groups in total. The lowest BCUT2D eigenvalue weighted by Crippen LogP contribution is -2.47. The third kappa shape index (κ3) is 7.41. The Balaban J connectivity index is 1.81. The Bertz CT molecular complexity index is 1090. The Kier molecular flexibility index (Phi) is 11.3. The van der Waals surface area contributed by atoms with Gasteiger partial charge >= 0.3 is 5.97 Å². The molecular weight excluding hydrogens is 508 g/mol. The minimum absolute atomic E-state index is 0.00554. The predicted molar refractivity (Wildman–Crippen MR) is 148 cm³/mol. The Labute approximate surface area is 228 Å². The number of oxime groups is 1. The topological polar surface area (TPSA) is 105 Å². The lowest BCUT2D eigenvalue weighted by molar-refractivity contribution is -0.144. The van der Waals surface area contributed by atoms with Crippen molar-refractivity contribution in [2.24, 2.45) is 11.1 Å². The molecule has 0 saturated carbocycles. The van der Waals surface area contributed by atoms with Crippen LogP contribution in [0.2, 0.25) is 0 Å². The zero-order valence-electron chi connectivity index (χ0n) is 22.6. The van der Waals surface area contributed by atoms with Gasteiger partial charge in [-0.1, -0.05) is 29.4 Å². The maximum atomic E-state index is 13.1. The van der Waals surface area contributed by atoms with Crippen molar-refractivity contribution in [2.45, 2.75) is 31.9 Å². The van der Waals surface area contributed by atoms with E-state index in [1.54, 1.807) is 21.3 Å². The van der Waals surface area contributed by atoms with Crippen LogP contribution < -0.4 is 14.8 Å². The van der Waals surface area contributed by atoms with Crippen LogP contribution in [0.3, 0.4) is 0 Å². The fourth-order valence-corrected chi connectivity index (χ4v) is 5.59. The number of amides is 1. The van der Waals surface area contributed by atoms with E-state index in [9.17, 15) is 9.59 Å². The van der Waals surface area contributed by atoms with E-state index in [1.165, 1.54) is 14.2 Å². The van der Waals surface area contributed by atoms with E-state index in [-0.39, 0.29) is 12.3 Å². The number of hydrogen-bond acceptors (Lipinski definition) is 9. The summed E-state index contributed by atoms with van der Waals surface area (Å²) in [7, 11) is 7.58. The molecule has 0 spiro atoms. The summed E-state index contributed by atoms with van der Waals surface area (Å²) in [6.07, 6.45) is 1.93. The van der Waals surface area contributed by atoms with E-state index < -0.39 is 17.9 Å². The normalized spacial score (nSPS) is 14.9. The number of hydrogen-bond donors (Lipinski definition) is 1. The molecule has 2 aromatic carbocycles. The van der Waals surface area contributed by atoms with E-state index in [0.717, 1.165) is 46.6 Å². The van der Waals surface area contributed by atoms with Gasteiger partial charge in [0.25, 0.3) is 5.91 Å². The second-order valence-electron chi connectivity index (χ2n) is 8.80. The van der Waals surface area contributed by atoms with E-state index in [2.05, 4.69) is 10.5 Å². The molecule has 0 unspecified atom stereocenters. The summed E-state index contributed by atoms with van der Waals surface area (Å²) in [6.45, 7) is 0.434. The second-order valence-corrected chi connectivity index (χ2v) is 10.0. The number of nitrogens with zero attached hydrogens (tertiary/aromatic N) is 1. The molecule has 0 aliphatic carbocycles. The molecule has 38 heavy (non-hydrogen) atoms. The van der Waals surface area contributed by atoms with Gasteiger partial charge in [-0.05, 0) is 53.2 Å². The van der Waals surface area contributed by atoms with Gasteiger partial charge in [0.15, 0.2) is 0 Å². The maximum Gasteiger partial charge on any atom is 0.328 e. The van der Waals surface area contributed by atoms with Gasteiger partial charge in [-0.3, -0.25) is 4.79 Å². The maximum absolute atomic E-state index is 13.1. The number of carbonyl (C=O) groups excluding carboxylic acids is 2. The van der Waals surface area contributed by atoms with Crippen molar-refractivity contribution in [2.75, 3.05) is 47.1 Å². The predicted octanol–water partition coefficient (Wildman–Crippen LogP) is 3.86. The fourth-order valence-electron chi connectivity index (χ4n) is 4.48. The van der Waals surface area contributed by atoms with Crippen molar-refractivity contribution in [1.82, 2.24) is 5.32 Å². The molecule has 1 fully saturated rings. The average molecular weight is 545 g/mol. The zero-order chi connectivity index (χ0) is 27.5. The van der Waals surface area contributed by atoms with Gasteiger partial charge < -0.3 is 29.1 Å². The number of ether oxygens (including phenoxy) is 4. The van der Waals surface area contributed by atoms with Crippen LogP contribution in [0, 0.1) is 5.92 Å². The summed E-state index contributed by atoms with van der Waals surface area (Å²) >= 11 is 1.85. The molecule has 3 rings (SSSR count). The van der Waals surface area contributed by atoms with Crippen molar-refractivity contribution < 1.29 is 33.4 Å². The van der Waals surface area contributed by atoms with Gasteiger partial charge in [0, 0.05) is 19.4 Å². The Hall–Kier alpha value is -3.24. The minimum atomic E-state index is -0.879. The van der Waals surface area contributed by atoms with Crippen molar-refractivity contribution in [3.63, 3.8) is 0 Å². The van der Waals surface area contributed by atoms with Crippen LogP contribution in [-0.2, 0) is 36.9 Å². The number of esters is 1. The van der Waals surface area contributed by atoms with Gasteiger partial charge in [-0.2, -0.15) is 11.8 Å². The van der Waals surface area contributed by atoms with Crippen LogP contribution in [0.5, 0.6) is 11.5 Å². The largest absolute Gasteiger partial charge is 0.496 e. The van der Waals surface area contributed by atoms with E-state index in [1.807, 2.05) is 48.2 Å². The van der Waals surface area contributed by atoms with Gasteiger partial charge in [0.05, 0.1) is 33.5 Å². The SMILES string of the molecule is COCc1cc(OC)c(-c2ccc(C[C@H](NC(=O)C(=NOC)C3CCSCC3)C(=O)OC)cc2)c(OC)c1. The molecule has 0 radical (unpaired) electrons. The summed E-state index contributed by atoms with van der Waals surface area (Å²) in [5.74, 6) is 2.28. The van der Waals surface area contributed by atoms with Crippen LogP contribution in [0.4, 0.5) is 0 Å². The van der Waals surface area contributed by atoms with Crippen molar-refractivity contribution in [3.05, 3.63) is 47.5 Å². The fraction of sp³-hybridized carbons (Fsp3) is 0.464. The number of rotatable bonds is 12. The molecular formula is C28H36N2O7S. The second kappa shape index (κ2) is 14.6. The van der Waals surface area contributed by atoms with E-state index in [4.69, 9.17) is 23.8 Å². The molecule has 206 valence electrons. The Morgan fingerprint density at radius 3 is 2.13 bits per heavy atom. The number of benzene rings is 2. The lowest BCUT2D eigenvalue weighted by atomic mass is 9.95. The molecule has 1 atom stereocenters. The quantitative estimate of drug-likeness (QED) is 0.244. The van der Waals surface area contributed by atoms with Crippen molar-refractivity contribution >= 4 is 29.4 Å². The van der Waals surface area contributed by atoms with Gasteiger partial charge in [0.2, 0.25) is 0 Å². The third-order valence-electron chi connectivity index (χ3n) is 6.38. The van der Waals surface area contributed by atoms with Crippen molar-refractivity contribution in [1.29, 1.82) is 0 Å². The first kappa shape index (κ1) is 29.3. The molecule has 1 heterocycles. The highest BCUT2D eigenvalue weighted by atomic mass is 32.2. The Morgan fingerprint density at radius 1 is 0.974 bits per heavy atom. The molecule has 10 heteroatoms. The highest BCUT2D eigenvalue weighted by molar-refractivity contribution is 7.99. The monoisotopic (exact) mass is 544 g/mol. The van der Waals surface area contributed by atoms with Crippen LogP contribution >= 0.6 is 11.8 Å². The number of thioether (sulfide) groups is 1. The third-order valence-corrected chi connectivity index (χ3v) is 7.43. The summed E-state index contributed by atoms with van der Waals surface area (Å²) < 4.78 is 21.5. The van der Waals surface area contributed by atoms with Crippen LogP contribution in [0.25, 0.3) is 11.1 Å². The molecule has 0 bridgehead atoms. The summed E-state index contributed by atoms with van der Waals surface area (Å²) in [6, 6.07) is 10.6. The van der Waals surface area contributed by atoms with Gasteiger partial charge in [-0.25, -0.2) is 4.79 Å². The van der Waals surface area contributed by atoms with Crippen LogP contribution in [-0.4, -0.2) is 70.7 Å². The standard InChI is InChI=1S/C28H36N2O7S/c1-33-17-19-15-23(34-2)25(24(16-19)35-3)20-8-6-18(7-9-20)14-22(28(32)36-4)29-27(31)26(30-37-5)21-10-12-38-13-11-21/h6-9,15-16,21-22H,10-14,17H2,1-5H3,(H,29,31)/t22-/m0/s1. The smallest absolute Gasteiger partial charge is 0.328 e. The lowest BCUT2D eigenvalue weighted by Gasteiger charge is -2.23. The van der Waals surface area contributed by atoms with Crippen LogP contribution in [0.1, 0.15) is 24.0 Å². The number of carbonyl (C=O) groups is 2. The average Bonchev–Trinajstić information content (AvgIpc) is 2.95. The number of nitrogens with one attached hydrogen (secondary N) is 1. The summed E-state index contributed by atoms with van der Waals surface area (Å²) in [5, 5.41) is 6.82. The van der Waals surface area contributed by atoms with Gasteiger partial charge in [-0.15, -0.1) is 0 Å². The first-order valence-corrected chi connectivity index (χ1v) is 13.5. The Morgan fingerprint density at radius 2 is 1.61 bits per heavy atom. The zero-order valence-corrected chi connectivity index (χ0v) is 23.4. The minimum Gasteiger partial charge on any atom is -0.496 e. The summed E-state index contributed by atoms with van der Waals surface area (Å²) in [4.78, 5) is 30.7. The molecule has 1 saturated heterocycles. The molecule has 1 aliphatic heterocycles. The van der Waals surface area contributed by atoms with Crippen LogP contribution in [0.15, 0.2) is 41.6 Å². The van der Waals surface area contributed by atoms with E-state index >= 15 is 0 Å². The van der Waals surface area contributed by atoms with Gasteiger partial charge in [0.1, 0.15) is 30.4 Å². The molecule has 9 nitrogen and oxygen atoms in total. The van der Waals surface area contributed by atoms with E-state index in [0.29, 0.717) is 23.8 Å². The first-order chi connectivity index (χ1) is 18.4. The molecule has 2 aromatic rings. The first-order valence-electron chi connectivity index (χ1n) is 12.4. The molecule has 0 aromatic heterocycles. The number of methoxy groups -OCH3 is 4. The molecule has 1 aliphatic rings. The highest BCUT2D eigenvalue weighted by Gasteiger charge is 2.30. The summed E-state index contributed by atoms with van der Waals surface area (Å²) in [5.41, 5.74) is 3.78.